The summed E-state index contributed by atoms with van der Waals surface area (Å²) >= 11 is 0. The van der Waals surface area contributed by atoms with Crippen molar-refractivity contribution in [3.05, 3.63) is 101 Å². The molecule has 0 bridgehead atoms. The number of nitrogens with one attached hydrogen (secondary N) is 3. The summed E-state index contributed by atoms with van der Waals surface area (Å²) in [7, 11) is 0. The van der Waals surface area contributed by atoms with Crippen LogP contribution in [0.2, 0.25) is 0 Å². The molecular formula is C34H37N5. The highest BCUT2D eigenvalue weighted by atomic mass is 14.9. The van der Waals surface area contributed by atoms with Gasteiger partial charge in [-0.25, -0.2) is 4.98 Å². The number of allylic oxidation sites excluding steroid dienone is 3. The molecule has 198 valence electrons. The summed E-state index contributed by atoms with van der Waals surface area (Å²) in [5.41, 5.74) is 13.3. The number of anilines is 1. The monoisotopic (exact) mass is 515 g/mol. The molecule has 2 aliphatic rings. The molecule has 6 rings (SSSR count). The van der Waals surface area contributed by atoms with Crippen LogP contribution in [0.3, 0.4) is 0 Å². The largest absolute Gasteiger partial charge is 0.381 e. The van der Waals surface area contributed by atoms with Gasteiger partial charge in [-0.3, -0.25) is 4.98 Å². The van der Waals surface area contributed by atoms with E-state index in [0.717, 1.165) is 66.9 Å². The van der Waals surface area contributed by atoms with Crippen LogP contribution in [0.1, 0.15) is 57.0 Å². The molecule has 0 saturated heterocycles. The van der Waals surface area contributed by atoms with Crippen LogP contribution in [0.15, 0.2) is 84.2 Å². The third kappa shape index (κ3) is 4.95. The Hall–Kier alpha value is -3.96. The van der Waals surface area contributed by atoms with Crippen molar-refractivity contribution in [2.24, 2.45) is 5.92 Å². The fourth-order valence-electron chi connectivity index (χ4n) is 5.90. The molecule has 2 aromatic carbocycles. The van der Waals surface area contributed by atoms with Crippen molar-refractivity contribution in [3.8, 4) is 11.1 Å². The van der Waals surface area contributed by atoms with Crippen molar-refractivity contribution in [1.29, 1.82) is 0 Å². The zero-order chi connectivity index (χ0) is 26.8. The summed E-state index contributed by atoms with van der Waals surface area (Å²) in [6.07, 6.45) is 11.9. The van der Waals surface area contributed by atoms with Gasteiger partial charge in [0.2, 0.25) is 0 Å². The number of hydrogen-bond acceptors (Lipinski definition) is 4. The van der Waals surface area contributed by atoms with Crippen molar-refractivity contribution in [2.45, 2.75) is 40.0 Å². The van der Waals surface area contributed by atoms with Gasteiger partial charge in [0.15, 0.2) is 0 Å². The van der Waals surface area contributed by atoms with Gasteiger partial charge in [0.1, 0.15) is 5.82 Å². The van der Waals surface area contributed by atoms with Crippen molar-refractivity contribution in [1.82, 2.24) is 20.3 Å². The van der Waals surface area contributed by atoms with E-state index >= 15 is 0 Å². The summed E-state index contributed by atoms with van der Waals surface area (Å²) < 4.78 is 0. The Balaban J connectivity index is 1.46. The minimum absolute atomic E-state index is 0.579. The number of aromatic amines is 1. The third-order valence-corrected chi connectivity index (χ3v) is 8.04. The number of likely N-dealkylation sites (N-methyl/N-ethyl adjacent to an activating group) is 1. The summed E-state index contributed by atoms with van der Waals surface area (Å²) in [6, 6.07) is 17.3. The van der Waals surface area contributed by atoms with Crippen molar-refractivity contribution in [3.63, 3.8) is 0 Å². The topological polar surface area (TPSA) is 65.6 Å². The van der Waals surface area contributed by atoms with Gasteiger partial charge in [-0.2, -0.15) is 0 Å². The Morgan fingerprint density at radius 3 is 2.72 bits per heavy atom. The van der Waals surface area contributed by atoms with E-state index in [1.807, 2.05) is 18.5 Å². The molecule has 1 unspecified atom stereocenters. The molecule has 0 radical (unpaired) electrons. The first-order valence-corrected chi connectivity index (χ1v) is 14.3. The van der Waals surface area contributed by atoms with Crippen molar-refractivity contribution >= 4 is 27.9 Å². The lowest BCUT2D eigenvalue weighted by molar-refractivity contribution is 0.596. The van der Waals surface area contributed by atoms with Crippen LogP contribution in [0.4, 0.5) is 5.69 Å². The maximum atomic E-state index is 5.22. The highest BCUT2D eigenvalue weighted by Crippen LogP contribution is 2.40. The predicted molar refractivity (Wildman–Crippen MR) is 164 cm³/mol. The third-order valence-electron chi connectivity index (χ3n) is 8.04. The lowest BCUT2D eigenvalue weighted by Gasteiger charge is -2.26. The van der Waals surface area contributed by atoms with Crippen LogP contribution in [0.5, 0.6) is 0 Å². The Bertz CT molecular complexity index is 1590. The van der Waals surface area contributed by atoms with E-state index in [1.165, 1.54) is 39.1 Å². The molecule has 3 heterocycles. The number of hydrogen-bond donors (Lipinski definition) is 3. The van der Waals surface area contributed by atoms with Crippen LogP contribution in [0.25, 0.3) is 33.3 Å². The number of pyridine rings is 1. The van der Waals surface area contributed by atoms with Gasteiger partial charge in [0, 0.05) is 53.4 Å². The maximum Gasteiger partial charge on any atom is 0.139 e. The zero-order valence-electron chi connectivity index (χ0n) is 23.1. The van der Waals surface area contributed by atoms with Gasteiger partial charge in [-0.05, 0) is 72.7 Å². The van der Waals surface area contributed by atoms with Gasteiger partial charge in [0.25, 0.3) is 0 Å². The molecule has 0 saturated carbocycles. The number of rotatable bonds is 8. The summed E-state index contributed by atoms with van der Waals surface area (Å²) in [5, 5.41) is 7.19. The predicted octanol–water partition coefficient (Wildman–Crippen LogP) is 7.61. The van der Waals surface area contributed by atoms with E-state index in [0.29, 0.717) is 5.92 Å². The molecule has 39 heavy (non-hydrogen) atoms. The molecule has 2 aromatic heterocycles. The lowest BCUT2D eigenvalue weighted by Crippen LogP contribution is -2.19. The number of H-pyrrole nitrogens is 1. The van der Waals surface area contributed by atoms with E-state index < -0.39 is 0 Å². The highest BCUT2D eigenvalue weighted by molar-refractivity contribution is 5.97. The molecule has 1 atom stereocenters. The molecular weight excluding hydrogens is 478 g/mol. The number of fused-ring (bicyclic) bond motifs is 2. The second-order valence-corrected chi connectivity index (χ2v) is 10.6. The second kappa shape index (κ2) is 11.0. The Labute approximate surface area is 231 Å². The summed E-state index contributed by atoms with van der Waals surface area (Å²) in [6.45, 7) is 9.48. The van der Waals surface area contributed by atoms with Crippen LogP contribution in [-0.4, -0.2) is 34.6 Å². The average Bonchev–Trinajstić information content (AvgIpc) is 3.43. The fraction of sp³-hybridized carbons (Fsp3) is 0.294. The van der Waals surface area contributed by atoms with Crippen LogP contribution < -0.4 is 10.6 Å². The van der Waals surface area contributed by atoms with E-state index in [4.69, 9.17) is 4.98 Å². The quantitative estimate of drug-likeness (QED) is 0.226. The first-order valence-electron chi connectivity index (χ1n) is 14.3. The van der Waals surface area contributed by atoms with Gasteiger partial charge in [-0.1, -0.05) is 62.8 Å². The highest BCUT2D eigenvalue weighted by Gasteiger charge is 2.24. The molecule has 0 fully saturated rings. The Kier molecular flexibility index (Phi) is 7.16. The van der Waals surface area contributed by atoms with Gasteiger partial charge >= 0.3 is 0 Å². The molecule has 1 aliphatic heterocycles. The molecule has 5 heteroatoms. The number of imidazole rings is 1. The smallest absolute Gasteiger partial charge is 0.139 e. The normalized spacial score (nSPS) is 17.1. The lowest BCUT2D eigenvalue weighted by atomic mass is 9.84. The van der Waals surface area contributed by atoms with E-state index in [-0.39, 0.29) is 0 Å². The van der Waals surface area contributed by atoms with Gasteiger partial charge < -0.3 is 15.6 Å². The second-order valence-electron chi connectivity index (χ2n) is 10.6. The SMILES string of the molecule is CCNCC1=CC(c2ccc3c(c2)C(c2nc4c(-c5cccnc5)cccc4[nH]2)=C(CC)CN3)=CC(CC)C1. The minimum Gasteiger partial charge on any atom is -0.381 e. The van der Waals surface area contributed by atoms with E-state index in [2.05, 4.69) is 96.0 Å². The van der Waals surface area contributed by atoms with Gasteiger partial charge in [-0.15, -0.1) is 0 Å². The molecule has 0 amide bonds. The minimum atomic E-state index is 0.579. The van der Waals surface area contributed by atoms with Crippen molar-refractivity contribution in [2.75, 3.05) is 25.0 Å². The first-order chi connectivity index (χ1) is 19.2. The molecule has 5 nitrogen and oxygen atoms in total. The van der Waals surface area contributed by atoms with Gasteiger partial charge in [0.05, 0.1) is 11.0 Å². The number of aromatic nitrogens is 3. The van der Waals surface area contributed by atoms with Crippen LogP contribution in [0, 0.1) is 5.92 Å². The van der Waals surface area contributed by atoms with Crippen LogP contribution >= 0.6 is 0 Å². The fourth-order valence-corrected chi connectivity index (χ4v) is 5.90. The van der Waals surface area contributed by atoms with Crippen molar-refractivity contribution < 1.29 is 0 Å². The number of nitrogens with zero attached hydrogens (tertiary/aromatic N) is 2. The van der Waals surface area contributed by atoms with E-state index in [1.54, 1.807) is 0 Å². The summed E-state index contributed by atoms with van der Waals surface area (Å²) in [4.78, 5) is 13.2. The number of benzene rings is 2. The molecule has 4 aromatic rings. The summed E-state index contributed by atoms with van der Waals surface area (Å²) in [5.74, 6) is 1.51. The zero-order valence-corrected chi connectivity index (χ0v) is 23.1. The molecule has 3 N–H and O–H groups in total. The number of para-hydroxylation sites is 1. The maximum absolute atomic E-state index is 5.22. The molecule has 0 spiro atoms. The van der Waals surface area contributed by atoms with E-state index in [9.17, 15) is 0 Å². The molecule has 1 aliphatic carbocycles. The van der Waals surface area contributed by atoms with Crippen LogP contribution in [-0.2, 0) is 0 Å². The Morgan fingerprint density at radius 1 is 1.00 bits per heavy atom. The average molecular weight is 516 g/mol. The first kappa shape index (κ1) is 25.3. The standard InChI is InChI=1S/C34H37N5/c1-4-22-15-23(19-35-6-3)17-27(16-22)25-12-13-30-29(18-25)32(24(5-2)21-37-30)34-38-31-11-7-10-28(33(31)39-34)26-9-8-14-36-20-26/h7-14,16-18,20,22,35,37H,4-6,15,19,21H2,1-3H3,(H,38,39). The Morgan fingerprint density at radius 2 is 1.92 bits per heavy atom.